The highest BCUT2D eigenvalue weighted by Gasteiger charge is 2.29. The Bertz CT molecular complexity index is 829. The summed E-state index contributed by atoms with van der Waals surface area (Å²) in [6.45, 7) is 0. The van der Waals surface area contributed by atoms with Crippen LogP contribution in [0.1, 0.15) is 17.2 Å². The smallest absolute Gasteiger partial charge is 0.0799 e. The van der Waals surface area contributed by atoms with E-state index >= 15 is 0 Å². The molecule has 22 heavy (non-hydrogen) atoms. The first kappa shape index (κ1) is 13.2. The van der Waals surface area contributed by atoms with Crippen LogP contribution in [0.2, 0.25) is 0 Å². The Kier molecular flexibility index (Phi) is 2.86. The summed E-state index contributed by atoms with van der Waals surface area (Å²) in [4.78, 5) is 4.53. The lowest BCUT2D eigenvalue weighted by Gasteiger charge is -2.25. The van der Waals surface area contributed by atoms with Crippen LogP contribution in [0.5, 0.6) is 0 Å². The Labute approximate surface area is 131 Å². The molecule has 1 atom stereocenters. The molecule has 3 aromatic carbocycles. The summed E-state index contributed by atoms with van der Waals surface area (Å²) in [5, 5.41) is 2.73. The molecule has 1 aliphatic rings. The van der Waals surface area contributed by atoms with Gasteiger partial charge in [0.1, 0.15) is 0 Å². The Balaban J connectivity index is 1.86. The first-order chi connectivity index (χ1) is 10.7. The highest BCUT2D eigenvalue weighted by molar-refractivity contribution is 6.01. The molecule has 110 valence electrons. The van der Waals surface area contributed by atoms with Crippen LogP contribution in [0, 0.1) is 0 Å². The quantitative estimate of drug-likeness (QED) is 0.687. The van der Waals surface area contributed by atoms with Crippen LogP contribution in [-0.2, 0) is 0 Å². The number of hydrogen-bond acceptors (Lipinski definition) is 2. The molecule has 1 aliphatic heterocycles. The van der Waals surface area contributed by atoms with Crippen molar-refractivity contribution in [1.82, 2.24) is 0 Å². The molecule has 0 N–H and O–H groups in total. The molecular formula is C20H20N2. The first-order valence-corrected chi connectivity index (χ1v) is 7.68. The highest BCUT2D eigenvalue weighted by atomic mass is 15.2. The van der Waals surface area contributed by atoms with Gasteiger partial charge in [-0.25, -0.2) is 0 Å². The van der Waals surface area contributed by atoms with Gasteiger partial charge >= 0.3 is 0 Å². The minimum absolute atomic E-state index is 0.303. The zero-order valence-corrected chi connectivity index (χ0v) is 13.2. The van der Waals surface area contributed by atoms with Crippen LogP contribution in [0.3, 0.4) is 0 Å². The van der Waals surface area contributed by atoms with Gasteiger partial charge in [0.05, 0.1) is 6.04 Å². The summed E-state index contributed by atoms with van der Waals surface area (Å²) < 4.78 is 0. The zero-order chi connectivity index (χ0) is 15.3. The van der Waals surface area contributed by atoms with Crippen LogP contribution in [0.4, 0.5) is 11.4 Å². The zero-order valence-electron chi connectivity index (χ0n) is 13.2. The third-order valence-corrected chi connectivity index (χ3v) is 4.70. The van der Waals surface area contributed by atoms with Crippen molar-refractivity contribution in [3.05, 3.63) is 71.8 Å². The Morgan fingerprint density at radius 2 is 1.55 bits per heavy atom. The molecule has 3 aromatic rings. The number of nitrogens with zero attached hydrogens (tertiary/aromatic N) is 2. The third kappa shape index (κ3) is 1.80. The van der Waals surface area contributed by atoms with Crippen molar-refractivity contribution in [2.24, 2.45) is 0 Å². The normalized spacial score (nSPS) is 16.3. The van der Waals surface area contributed by atoms with Gasteiger partial charge in [-0.1, -0.05) is 42.5 Å². The SMILES string of the molecule is CN(C)c1ccc(C2c3cccc4cccc(c34)N2C)cc1. The molecular weight excluding hydrogens is 268 g/mol. The Hall–Kier alpha value is -2.48. The average molecular weight is 288 g/mol. The summed E-state index contributed by atoms with van der Waals surface area (Å²) in [5.74, 6) is 0. The molecule has 0 fully saturated rings. The Morgan fingerprint density at radius 1 is 0.864 bits per heavy atom. The largest absolute Gasteiger partial charge is 0.378 e. The molecule has 1 unspecified atom stereocenters. The summed E-state index contributed by atoms with van der Waals surface area (Å²) in [6.07, 6.45) is 0. The van der Waals surface area contributed by atoms with Crippen molar-refractivity contribution in [1.29, 1.82) is 0 Å². The van der Waals surface area contributed by atoms with Gasteiger partial charge in [0.15, 0.2) is 0 Å². The maximum absolute atomic E-state index is 2.39. The number of anilines is 2. The number of hydrogen-bond donors (Lipinski definition) is 0. The van der Waals surface area contributed by atoms with Crippen LogP contribution in [0.25, 0.3) is 10.8 Å². The molecule has 0 saturated carbocycles. The molecule has 2 nitrogen and oxygen atoms in total. The van der Waals surface area contributed by atoms with Gasteiger partial charge < -0.3 is 9.80 Å². The van der Waals surface area contributed by atoms with Crippen LogP contribution < -0.4 is 9.80 Å². The van der Waals surface area contributed by atoms with E-state index < -0.39 is 0 Å². The van der Waals surface area contributed by atoms with Crippen molar-refractivity contribution in [3.63, 3.8) is 0 Å². The van der Waals surface area contributed by atoms with E-state index in [9.17, 15) is 0 Å². The van der Waals surface area contributed by atoms with Crippen LogP contribution in [-0.4, -0.2) is 21.1 Å². The monoisotopic (exact) mass is 288 g/mol. The van der Waals surface area contributed by atoms with E-state index in [1.54, 1.807) is 0 Å². The summed E-state index contributed by atoms with van der Waals surface area (Å²) in [5.41, 5.74) is 5.32. The van der Waals surface area contributed by atoms with Crippen LogP contribution >= 0.6 is 0 Å². The lowest BCUT2D eigenvalue weighted by molar-refractivity contribution is 0.815. The number of rotatable bonds is 2. The van der Waals surface area contributed by atoms with Gasteiger partial charge in [-0.2, -0.15) is 0 Å². The fraction of sp³-hybridized carbons (Fsp3) is 0.200. The number of benzene rings is 3. The maximum Gasteiger partial charge on any atom is 0.0799 e. The van der Waals surface area contributed by atoms with E-state index in [1.165, 1.54) is 33.3 Å². The van der Waals surface area contributed by atoms with Gasteiger partial charge in [0, 0.05) is 37.9 Å². The topological polar surface area (TPSA) is 6.48 Å². The van der Waals surface area contributed by atoms with Crippen molar-refractivity contribution >= 4 is 22.1 Å². The van der Waals surface area contributed by atoms with Gasteiger partial charge in [-0.3, -0.25) is 0 Å². The second-order valence-corrected chi connectivity index (χ2v) is 6.22. The van der Waals surface area contributed by atoms with Crippen LogP contribution in [0.15, 0.2) is 60.7 Å². The standard InChI is InChI=1S/C20H20N2/c1-21(2)16-12-10-15(11-13-16)20-17-8-4-6-14-7-5-9-18(19(14)17)22(20)3/h4-13,20H,1-3H3. The van der Waals surface area contributed by atoms with Crippen molar-refractivity contribution in [2.75, 3.05) is 30.9 Å². The Morgan fingerprint density at radius 3 is 2.23 bits per heavy atom. The predicted octanol–water partition coefficient (Wildman–Crippen LogP) is 4.45. The summed E-state index contributed by atoms with van der Waals surface area (Å²) in [6, 6.07) is 22.4. The molecule has 4 rings (SSSR count). The third-order valence-electron chi connectivity index (χ3n) is 4.70. The van der Waals surface area contributed by atoms with Crippen molar-refractivity contribution < 1.29 is 0 Å². The van der Waals surface area contributed by atoms with Gasteiger partial charge in [0.25, 0.3) is 0 Å². The van der Waals surface area contributed by atoms with Gasteiger partial charge in [-0.15, -0.1) is 0 Å². The fourth-order valence-corrected chi connectivity index (χ4v) is 3.58. The van der Waals surface area contributed by atoms with E-state index in [2.05, 4.69) is 91.6 Å². The molecule has 0 radical (unpaired) electrons. The van der Waals surface area contributed by atoms with E-state index in [-0.39, 0.29) is 0 Å². The minimum atomic E-state index is 0.303. The van der Waals surface area contributed by atoms with E-state index in [1.807, 2.05) is 0 Å². The summed E-state index contributed by atoms with van der Waals surface area (Å²) in [7, 11) is 6.35. The predicted molar refractivity (Wildman–Crippen MR) is 95.0 cm³/mol. The lowest BCUT2D eigenvalue weighted by Crippen LogP contribution is -2.20. The molecule has 0 spiro atoms. The average Bonchev–Trinajstić information content (AvgIpc) is 2.83. The lowest BCUT2D eigenvalue weighted by atomic mass is 9.97. The molecule has 0 saturated heterocycles. The second-order valence-electron chi connectivity index (χ2n) is 6.22. The molecule has 1 heterocycles. The van der Waals surface area contributed by atoms with Gasteiger partial charge in [0.2, 0.25) is 0 Å². The van der Waals surface area contributed by atoms with E-state index in [4.69, 9.17) is 0 Å². The molecule has 0 bridgehead atoms. The molecule has 0 aromatic heterocycles. The van der Waals surface area contributed by atoms with E-state index in [0.717, 1.165) is 0 Å². The minimum Gasteiger partial charge on any atom is -0.378 e. The second kappa shape index (κ2) is 4.77. The summed E-state index contributed by atoms with van der Waals surface area (Å²) >= 11 is 0. The fourth-order valence-electron chi connectivity index (χ4n) is 3.58. The van der Waals surface area contributed by atoms with Gasteiger partial charge in [-0.05, 0) is 34.7 Å². The first-order valence-electron chi connectivity index (χ1n) is 7.68. The molecule has 0 amide bonds. The molecule has 2 heteroatoms. The highest BCUT2D eigenvalue weighted by Crippen LogP contribution is 2.45. The van der Waals surface area contributed by atoms with Crippen molar-refractivity contribution in [2.45, 2.75) is 6.04 Å². The maximum atomic E-state index is 2.39. The molecule has 0 aliphatic carbocycles. The van der Waals surface area contributed by atoms with E-state index in [0.29, 0.717) is 6.04 Å². The van der Waals surface area contributed by atoms with Crippen molar-refractivity contribution in [3.8, 4) is 0 Å².